The predicted octanol–water partition coefficient (Wildman–Crippen LogP) is 2.98. The topological polar surface area (TPSA) is 65.7 Å². The summed E-state index contributed by atoms with van der Waals surface area (Å²) in [5.74, 6) is 2.12. The van der Waals surface area contributed by atoms with Crippen molar-refractivity contribution in [2.24, 2.45) is 4.99 Å². The number of likely N-dealkylation sites (N-methyl/N-ethyl adjacent to an activating group) is 1. The lowest BCUT2D eigenvalue weighted by atomic mass is 9.99. The number of aromatic nitrogens is 1. The zero-order valence-electron chi connectivity index (χ0n) is 16.1. The van der Waals surface area contributed by atoms with Gasteiger partial charge in [0.2, 0.25) is 0 Å². The van der Waals surface area contributed by atoms with E-state index < -0.39 is 0 Å². The van der Waals surface area contributed by atoms with Crippen molar-refractivity contribution in [1.82, 2.24) is 20.7 Å². The highest BCUT2D eigenvalue weighted by molar-refractivity contribution is 5.79. The Kier molecular flexibility index (Phi) is 10.2. The SMILES string of the molecule is CCCCN(C)CCNC(=NC)NCc1cc(C(CC)CC)no1. The fourth-order valence-electron chi connectivity index (χ4n) is 2.61. The van der Waals surface area contributed by atoms with Crippen LogP contribution in [0.3, 0.4) is 0 Å². The molecule has 0 fully saturated rings. The summed E-state index contributed by atoms with van der Waals surface area (Å²) in [4.78, 5) is 6.59. The molecule has 1 heterocycles. The second-order valence-corrected chi connectivity index (χ2v) is 6.24. The molecule has 6 nitrogen and oxygen atoms in total. The Bertz CT molecular complexity index is 468. The molecule has 1 rings (SSSR count). The molecule has 0 unspecified atom stereocenters. The predicted molar refractivity (Wildman–Crippen MR) is 100 cm³/mol. The molecule has 0 aliphatic carbocycles. The molecule has 0 aromatic carbocycles. The molecule has 6 heteroatoms. The monoisotopic (exact) mass is 337 g/mol. The number of nitrogens with zero attached hydrogens (tertiary/aromatic N) is 3. The zero-order chi connectivity index (χ0) is 17.8. The van der Waals surface area contributed by atoms with Crippen LogP contribution in [0.25, 0.3) is 0 Å². The van der Waals surface area contributed by atoms with Crippen LogP contribution < -0.4 is 10.6 Å². The molecule has 0 aliphatic heterocycles. The van der Waals surface area contributed by atoms with E-state index in [4.69, 9.17) is 4.52 Å². The molecule has 24 heavy (non-hydrogen) atoms. The molecule has 138 valence electrons. The number of unbranched alkanes of at least 4 members (excludes halogenated alkanes) is 1. The average molecular weight is 338 g/mol. The minimum atomic E-state index is 0.485. The van der Waals surface area contributed by atoms with Crippen LogP contribution in [0.1, 0.15) is 63.8 Å². The first-order valence-corrected chi connectivity index (χ1v) is 9.23. The van der Waals surface area contributed by atoms with E-state index in [-0.39, 0.29) is 0 Å². The molecule has 2 N–H and O–H groups in total. The molecule has 0 atom stereocenters. The lowest BCUT2D eigenvalue weighted by Gasteiger charge is -2.17. The van der Waals surface area contributed by atoms with Crippen LogP contribution in [0, 0.1) is 0 Å². The highest BCUT2D eigenvalue weighted by Gasteiger charge is 2.13. The summed E-state index contributed by atoms with van der Waals surface area (Å²) in [5.41, 5.74) is 1.05. The smallest absolute Gasteiger partial charge is 0.191 e. The Balaban J connectivity index is 2.34. The van der Waals surface area contributed by atoms with Gasteiger partial charge in [-0.25, -0.2) is 0 Å². The molecule has 0 aliphatic rings. The largest absolute Gasteiger partial charge is 0.359 e. The van der Waals surface area contributed by atoms with Crippen LogP contribution in [-0.4, -0.2) is 49.7 Å². The van der Waals surface area contributed by atoms with Crippen molar-refractivity contribution in [2.45, 2.75) is 58.9 Å². The summed E-state index contributed by atoms with van der Waals surface area (Å²) in [6.07, 6.45) is 4.65. The number of hydrogen-bond donors (Lipinski definition) is 2. The minimum absolute atomic E-state index is 0.485. The van der Waals surface area contributed by atoms with Gasteiger partial charge in [-0.3, -0.25) is 4.99 Å². The maximum Gasteiger partial charge on any atom is 0.191 e. The highest BCUT2D eigenvalue weighted by Crippen LogP contribution is 2.22. The van der Waals surface area contributed by atoms with Crippen LogP contribution in [0.15, 0.2) is 15.6 Å². The summed E-state index contributed by atoms with van der Waals surface area (Å²) in [6.45, 7) is 10.2. The quantitative estimate of drug-likeness (QED) is 0.480. The van der Waals surface area contributed by atoms with Gasteiger partial charge in [-0.2, -0.15) is 0 Å². The Morgan fingerprint density at radius 1 is 1.25 bits per heavy atom. The van der Waals surface area contributed by atoms with Gasteiger partial charge in [0.15, 0.2) is 11.7 Å². The number of nitrogens with one attached hydrogen (secondary N) is 2. The first-order valence-electron chi connectivity index (χ1n) is 9.23. The van der Waals surface area contributed by atoms with Crippen LogP contribution in [-0.2, 0) is 6.54 Å². The van der Waals surface area contributed by atoms with Crippen molar-refractivity contribution < 1.29 is 4.52 Å². The van der Waals surface area contributed by atoms with E-state index in [1.165, 1.54) is 12.8 Å². The van der Waals surface area contributed by atoms with E-state index in [1.807, 2.05) is 0 Å². The standard InChI is InChI=1S/C18H35N5O/c1-6-9-11-23(5)12-10-20-18(19-4)21-14-16-13-17(22-24-16)15(7-2)8-3/h13,15H,6-12,14H2,1-5H3,(H2,19,20,21). The van der Waals surface area contributed by atoms with Gasteiger partial charge in [-0.1, -0.05) is 32.3 Å². The summed E-state index contributed by atoms with van der Waals surface area (Å²) < 4.78 is 5.43. The van der Waals surface area contributed by atoms with Gasteiger partial charge in [0, 0.05) is 32.1 Å². The molecule has 0 saturated carbocycles. The second kappa shape index (κ2) is 11.9. The van der Waals surface area contributed by atoms with Crippen LogP contribution in [0.2, 0.25) is 0 Å². The molecule has 0 amide bonds. The lowest BCUT2D eigenvalue weighted by molar-refractivity contribution is 0.332. The maximum absolute atomic E-state index is 5.43. The van der Waals surface area contributed by atoms with E-state index in [1.54, 1.807) is 7.05 Å². The first kappa shape index (κ1) is 20.5. The lowest BCUT2D eigenvalue weighted by Crippen LogP contribution is -2.40. The van der Waals surface area contributed by atoms with E-state index in [0.29, 0.717) is 12.5 Å². The van der Waals surface area contributed by atoms with E-state index in [9.17, 15) is 0 Å². The van der Waals surface area contributed by atoms with Crippen LogP contribution in [0.5, 0.6) is 0 Å². The van der Waals surface area contributed by atoms with E-state index in [2.05, 4.69) is 59.6 Å². The van der Waals surface area contributed by atoms with Crippen molar-refractivity contribution in [3.8, 4) is 0 Å². The third kappa shape index (κ3) is 7.34. The van der Waals surface area contributed by atoms with Gasteiger partial charge in [0.25, 0.3) is 0 Å². The van der Waals surface area contributed by atoms with Gasteiger partial charge >= 0.3 is 0 Å². The third-order valence-corrected chi connectivity index (χ3v) is 4.31. The Morgan fingerprint density at radius 2 is 2.00 bits per heavy atom. The van der Waals surface area contributed by atoms with E-state index in [0.717, 1.165) is 49.9 Å². The Hall–Kier alpha value is -1.56. The molecule has 1 aromatic heterocycles. The third-order valence-electron chi connectivity index (χ3n) is 4.31. The first-order chi connectivity index (χ1) is 11.6. The van der Waals surface area contributed by atoms with Gasteiger partial charge in [0.05, 0.1) is 12.2 Å². The molecule has 0 spiro atoms. The summed E-state index contributed by atoms with van der Waals surface area (Å²) in [6, 6.07) is 2.05. The molecule has 0 bridgehead atoms. The molecule has 0 radical (unpaired) electrons. The van der Waals surface area contributed by atoms with Crippen LogP contribution in [0.4, 0.5) is 0 Å². The van der Waals surface area contributed by atoms with Gasteiger partial charge in [0.1, 0.15) is 0 Å². The molecular weight excluding hydrogens is 302 g/mol. The van der Waals surface area contributed by atoms with Crippen molar-refractivity contribution in [1.29, 1.82) is 0 Å². The second-order valence-electron chi connectivity index (χ2n) is 6.24. The molecule has 0 saturated heterocycles. The molecule has 1 aromatic rings. The number of rotatable bonds is 11. The number of guanidine groups is 1. The average Bonchev–Trinajstić information content (AvgIpc) is 3.06. The number of hydrogen-bond acceptors (Lipinski definition) is 4. The van der Waals surface area contributed by atoms with Crippen molar-refractivity contribution in [3.63, 3.8) is 0 Å². The normalized spacial score (nSPS) is 12.2. The van der Waals surface area contributed by atoms with Crippen LogP contribution >= 0.6 is 0 Å². The summed E-state index contributed by atoms with van der Waals surface area (Å²) >= 11 is 0. The van der Waals surface area contributed by atoms with Gasteiger partial charge in [-0.15, -0.1) is 0 Å². The van der Waals surface area contributed by atoms with Crippen molar-refractivity contribution >= 4 is 5.96 Å². The highest BCUT2D eigenvalue weighted by atomic mass is 16.5. The fourth-order valence-corrected chi connectivity index (χ4v) is 2.61. The Labute approximate surface area is 147 Å². The zero-order valence-corrected chi connectivity index (χ0v) is 16.1. The summed E-state index contributed by atoms with van der Waals surface area (Å²) in [7, 11) is 3.94. The maximum atomic E-state index is 5.43. The van der Waals surface area contributed by atoms with Crippen molar-refractivity contribution in [3.05, 3.63) is 17.5 Å². The van der Waals surface area contributed by atoms with Crippen molar-refractivity contribution in [2.75, 3.05) is 33.7 Å². The van der Waals surface area contributed by atoms with Gasteiger partial charge in [-0.05, 0) is 32.9 Å². The fraction of sp³-hybridized carbons (Fsp3) is 0.778. The van der Waals surface area contributed by atoms with E-state index >= 15 is 0 Å². The summed E-state index contributed by atoms with van der Waals surface area (Å²) in [5, 5.41) is 10.8. The Morgan fingerprint density at radius 3 is 2.62 bits per heavy atom. The number of aliphatic imine (C=N–C) groups is 1. The molecular formula is C18H35N5O. The minimum Gasteiger partial charge on any atom is -0.359 e. The van der Waals surface area contributed by atoms with Gasteiger partial charge < -0.3 is 20.1 Å².